The maximum atomic E-state index is 14.0. The van der Waals surface area contributed by atoms with Gasteiger partial charge in [-0.25, -0.2) is 9.48 Å². The molecule has 1 aliphatic rings. The number of fused-ring (bicyclic) bond motifs is 1. The second-order valence-corrected chi connectivity index (χ2v) is 10.7. The molecule has 1 unspecified atom stereocenters. The quantitative estimate of drug-likeness (QED) is 0.252. The molecule has 0 aliphatic carbocycles. The van der Waals surface area contributed by atoms with Gasteiger partial charge in [-0.15, -0.1) is 5.10 Å². The van der Waals surface area contributed by atoms with Crippen molar-refractivity contribution in [2.45, 2.75) is 18.6 Å². The molecular weight excluding hydrogens is 558 g/mol. The van der Waals surface area contributed by atoms with Crippen molar-refractivity contribution >= 4 is 28.7 Å². The van der Waals surface area contributed by atoms with Crippen molar-refractivity contribution < 1.29 is 19.1 Å². The number of ether oxygens (including phenoxy) is 1. The van der Waals surface area contributed by atoms with E-state index < -0.39 is 17.9 Å². The predicted octanol–water partition coefficient (Wildman–Crippen LogP) is 3.28. The van der Waals surface area contributed by atoms with E-state index in [9.17, 15) is 14.4 Å². The smallest absolute Gasteiger partial charge is 0.360 e. The number of piperazine rings is 1. The number of hydrogen-bond acceptors (Lipinski definition) is 7. The summed E-state index contributed by atoms with van der Waals surface area (Å²) in [7, 11) is 1.26. The van der Waals surface area contributed by atoms with Crippen LogP contribution in [0.2, 0.25) is 0 Å². The van der Waals surface area contributed by atoms with Gasteiger partial charge >= 0.3 is 5.97 Å². The van der Waals surface area contributed by atoms with Crippen LogP contribution in [-0.2, 0) is 16.1 Å². The summed E-state index contributed by atoms with van der Waals surface area (Å²) in [6.07, 6.45) is 1.41. The number of benzene rings is 3. The summed E-state index contributed by atoms with van der Waals surface area (Å²) < 4.78 is 6.11. The third-order valence-corrected chi connectivity index (χ3v) is 7.90. The molecule has 6 rings (SSSR count). The molecule has 11 nitrogen and oxygen atoms in total. The summed E-state index contributed by atoms with van der Waals surface area (Å²) in [6, 6.07) is 29.1. The minimum atomic E-state index is -0.952. The van der Waals surface area contributed by atoms with E-state index in [0.717, 1.165) is 10.9 Å². The number of esters is 1. The van der Waals surface area contributed by atoms with Crippen LogP contribution in [0.5, 0.6) is 0 Å². The van der Waals surface area contributed by atoms with Gasteiger partial charge in [-0.05, 0) is 23.3 Å². The fraction of sp³-hybridized carbons (Fsp3) is 0.242. The number of para-hydroxylation sites is 1. The number of carbonyl (C=O) groups excluding carboxylic acids is 3. The molecule has 1 aliphatic heterocycles. The summed E-state index contributed by atoms with van der Waals surface area (Å²) in [5.41, 5.74) is 3.56. The van der Waals surface area contributed by atoms with Gasteiger partial charge in [0.25, 0.3) is 5.91 Å². The average Bonchev–Trinajstić information content (AvgIpc) is 3.73. The number of aromatic nitrogens is 4. The summed E-state index contributed by atoms with van der Waals surface area (Å²) in [5.74, 6) is -1.29. The van der Waals surface area contributed by atoms with Gasteiger partial charge in [0.2, 0.25) is 5.91 Å². The molecule has 2 N–H and O–H groups in total. The van der Waals surface area contributed by atoms with Gasteiger partial charge in [-0.3, -0.25) is 14.5 Å². The lowest BCUT2D eigenvalue weighted by Crippen LogP contribution is -2.56. The van der Waals surface area contributed by atoms with Crippen molar-refractivity contribution in [3.8, 4) is 0 Å². The molecule has 0 saturated carbocycles. The van der Waals surface area contributed by atoms with Gasteiger partial charge in [0, 0.05) is 37.1 Å². The van der Waals surface area contributed by atoms with Crippen molar-refractivity contribution in [1.29, 1.82) is 0 Å². The lowest BCUT2D eigenvalue weighted by Gasteiger charge is -2.40. The fourth-order valence-electron chi connectivity index (χ4n) is 5.70. The Hall–Kier alpha value is -5.29. The topological polar surface area (TPSA) is 125 Å². The first-order chi connectivity index (χ1) is 21.5. The van der Waals surface area contributed by atoms with E-state index in [0.29, 0.717) is 31.9 Å². The Labute approximate surface area is 254 Å². The van der Waals surface area contributed by atoms with E-state index >= 15 is 0 Å². The van der Waals surface area contributed by atoms with E-state index in [4.69, 9.17) is 4.74 Å². The molecule has 11 heteroatoms. The third-order valence-electron chi connectivity index (χ3n) is 7.90. The highest BCUT2D eigenvalue weighted by Crippen LogP contribution is 2.29. The van der Waals surface area contributed by atoms with Crippen LogP contribution < -0.4 is 5.32 Å². The Morgan fingerprint density at radius 3 is 2.16 bits per heavy atom. The Balaban J connectivity index is 1.20. The van der Waals surface area contributed by atoms with E-state index in [1.165, 1.54) is 29.1 Å². The monoisotopic (exact) mass is 591 g/mol. The molecule has 0 spiro atoms. The molecule has 0 radical (unpaired) electrons. The normalized spacial score (nSPS) is 14.5. The highest BCUT2D eigenvalue weighted by Gasteiger charge is 2.33. The maximum Gasteiger partial charge on any atom is 0.360 e. The highest BCUT2D eigenvalue weighted by atomic mass is 16.5. The number of nitrogens with zero attached hydrogens (tertiary/aromatic N) is 5. The zero-order valence-electron chi connectivity index (χ0n) is 24.3. The minimum Gasteiger partial charge on any atom is -0.464 e. The van der Waals surface area contributed by atoms with Gasteiger partial charge < -0.3 is 19.9 Å². The molecule has 224 valence electrons. The first kappa shape index (κ1) is 28.8. The molecule has 1 fully saturated rings. The number of amides is 2. The van der Waals surface area contributed by atoms with Crippen LogP contribution in [-0.4, -0.2) is 86.9 Å². The lowest BCUT2D eigenvalue weighted by molar-refractivity contribution is -0.135. The molecule has 1 atom stereocenters. The van der Waals surface area contributed by atoms with Crippen molar-refractivity contribution in [1.82, 2.24) is 35.1 Å². The molecule has 2 amide bonds. The van der Waals surface area contributed by atoms with Crippen LogP contribution in [0.1, 0.15) is 38.1 Å². The molecule has 44 heavy (non-hydrogen) atoms. The van der Waals surface area contributed by atoms with Crippen molar-refractivity contribution in [2.24, 2.45) is 0 Å². The van der Waals surface area contributed by atoms with Gasteiger partial charge in [0.15, 0.2) is 5.69 Å². The van der Waals surface area contributed by atoms with Crippen LogP contribution in [0.3, 0.4) is 0 Å². The first-order valence-corrected chi connectivity index (χ1v) is 14.5. The number of methoxy groups -OCH3 is 1. The van der Waals surface area contributed by atoms with E-state index in [2.05, 4.69) is 49.8 Å². The first-order valence-electron chi connectivity index (χ1n) is 14.5. The number of aromatic amines is 1. The SMILES string of the molecule is COC(=O)c1cn(CC(NC(=O)c2cc3ccccc3[nH]2)C(=O)N2CCN(C(c3ccccc3)c3ccccc3)CC2)nn1. The number of H-pyrrole nitrogens is 1. The fourth-order valence-corrected chi connectivity index (χ4v) is 5.70. The summed E-state index contributed by atoms with van der Waals surface area (Å²) in [5, 5.41) is 11.6. The number of carbonyl (C=O) groups is 3. The van der Waals surface area contributed by atoms with Crippen molar-refractivity contribution in [2.75, 3.05) is 33.3 Å². The second-order valence-electron chi connectivity index (χ2n) is 10.7. The van der Waals surface area contributed by atoms with Gasteiger partial charge in [0.1, 0.15) is 11.7 Å². The van der Waals surface area contributed by atoms with Crippen LogP contribution >= 0.6 is 0 Å². The minimum absolute atomic E-state index is 0.00827. The highest BCUT2D eigenvalue weighted by molar-refractivity contribution is 6.00. The van der Waals surface area contributed by atoms with Crippen molar-refractivity contribution in [3.05, 3.63) is 120 Å². The van der Waals surface area contributed by atoms with E-state index in [1.54, 1.807) is 11.0 Å². The lowest BCUT2D eigenvalue weighted by atomic mass is 9.96. The zero-order valence-corrected chi connectivity index (χ0v) is 24.3. The van der Waals surface area contributed by atoms with Gasteiger partial charge in [-0.1, -0.05) is 84.1 Å². The summed E-state index contributed by atoms with van der Waals surface area (Å²) in [6.45, 7) is 2.26. The van der Waals surface area contributed by atoms with Crippen LogP contribution in [0, 0.1) is 0 Å². The number of rotatable bonds is 9. The summed E-state index contributed by atoms with van der Waals surface area (Å²) in [4.78, 5) is 46.6. The molecule has 1 saturated heterocycles. The van der Waals surface area contributed by atoms with Gasteiger partial charge in [-0.2, -0.15) is 0 Å². The predicted molar refractivity (Wildman–Crippen MR) is 164 cm³/mol. The van der Waals surface area contributed by atoms with Crippen LogP contribution in [0.4, 0.5) is 0 Å². The standard InChI is InChI=1S/C33H33N7O4/c1-44-33(43)29-22-40(37-36-29)21-28(35-31(41)27-20-25-14-8-9-15-26(25)34-27)32(42)39-18-16-38(17-19-39)30(23-10-4-2-5-11-23)24-12-6-3-7-13-24/h2-15,20,22,28,30,34H,16-19,21H2,1H3,(H,35,41). The largest absolute Gasteiger partial charge is 0.464 e. The average molecular weight is 592 g/mol. The molecular formula is C33H33N7O4. The third kappa shape index (κ3) is 6.23. The number of hydrogen-bond donors (Lipinski definition) is 2. The Bertz CT molecular complexity index is 1670. The Morgan fingerprint density at radius 1 is 0.886 bits per heavy atom. The molecule has 3 aromatic carbocycles. The van der Waals surface area contributed by atoms with Crippen LogP contribution in [0.25, 0.3) is 10.9 Å². The number of nitrogens with one attached hydrogen (secondary N) is 2. The zero-order chi connectivity index (χ0) is 30.5. The Morgan fingerprint density at radius 2 is 1.52 bits per heavy atom. The molecule has 2 aromatic heterocycles. The van der Waals surface area contributed by atoms with Gasteiger partial charge in [0.05, 0.1) is 25.9 Å². The van der Waals surface area contributed by atoms with E-state index in [-0.39, 0.29) is 24.2 Å². The summed E-state index contributed by atoms with van der Waals surface area (Å²) >= 11 is 0. The Kier molecular flexibility index (Phi) is 8.46. The second kappa shape index (κ2) is 12.9. The van der Waals surface area contributed by atoms with E-state index in [1.807, 2.05) is 60.7 Å². The van der Waals surface area contributed by atoms with Crippen molar-refractivity contribution in [3.63, 3.8) is 0 Å². The molecule has 0 bridgehead atoms. The van der Waals surface area contributed by atoms with Crippen LogP contribution in [0.15, 0.2) is 97.2 Å². The molecule has 3 heterocycles. The molecule has 5 aromatic rings. The maximum absolute atomic E-state index is 14.0.